The molecule has 52 heavy (non-hydrogen) atoms. The van der Waals surface area contributed by atoms with Crippen LogP contribution in [0.1, 0.15) is 15.9 Å². The Labute approximate surface area is 325 Å². The van der Waals surface area contributed by atoms with E-state index in [4.69, 9.17) is 26.1 Å². The lowest BCUT2D eigenvalue weighted by Gasteiger charge is -2.10. The van der Waals surface area contributed by atoms with Crippen molar-refractivity contribution in [1.29, 1.82) is 5.41 Å². The van der Waals surface area contributed by atoms with Crippen LogP contribution in [0.15, 0.2) is 173 Å². The highest BCUT2D eigenvalue weighted by Crippen LogP contribution is 2.33. The van der Waals surface area contributed by atoms with E-state index in [9.17, 15) is 4.79 Å². The molecular formula is C43H32Br2ClN5O. The van der Waals surface area contributed by atoms with Crippen LogP contribution in [-0.2, 0) is 0 Å². The summed E-state index contributed by atoms with van der Waals surface area (Å²) in [6.45, 7) is 0. The van der Waals surface area contributed by atoms with Crippen LogP contribution in [0.2, 0.25) is 0 Å². The molecule has 0 aliphatic carbocycles. The number of nitrogens with zero attached hydrogens (tertiary/aromatic N) is 3. The van der Waals surface area contributed by atoms with Gasteiger partial charge in [-0.3, -0.25) is 10.2 Å². The van der Waals surface area contributed by atoms with Gasteiger partial charge in [-0.05, 0) is 45.8 Å². The van der Waals surface area contributed by atoms with E-state index >= 15 is 0 Å². The number of benzene rings is 7. The van der Waals surface area contributed by atoms with Crippen molar-refractivity contribution >= 4 is 77.9 Å². The van der Waals surface area contributed by atoms with Gasteiger partial charge in [-0.1, -0.05) is 171 Å². The maximum absolute atomic E-state index is 10.6. The Hall–Kier alpha value is -5.54. The van der Waals surface area contributed by atoms with Crippen LogP contribution >= 0.6 is 44.3 Å². The molecule has 256 valence electrons. The highest BCUT2D eigenvalue weighted by molar-refractivity contribution is 9.11. The second-order valence-corrected chi connectivity index (χ2v) is 13.0. The summed E-state index contributed by atoms with van der Waals surface area (Å²) >= 11 is 7.06. The second kappa shape index (κ2) is 18.1. The molecule has 0 atom stereocenters. The smallest absolute Gasteiger partial charge is 0.165 e. The number of carbonyl (C=O) groups is 1. The van der Waals surface area contributed by atoms with Gasteiger partial charge in [0, 0.05) is 36.8 Å². The SMILES string of the molecule is Brc1cc2ccccc2cc1-c1nc(-c2ccccc2)nc(-c2ccccc2)n1.Cl.N=C(N)c1ccccc1.O=Cc1cc2ccccc2cc1Br. The number of aromatic nitrogens is 3. The van der Waals surface area contributed by atoms with E-state index in [0.29, 0.717) is 23.0 Å². The fourth-order valence-electron chi connectivity index (χ4n) is 5.25. The number of nitrogens with two attached hydrogens (primary N) is 1. The van der Waals surface area contributed by atoms with E-state index in [1.165, 1.54) is 5.39 Å². The molecule has 0 fully saturated rings. The first-order valence-electron chi connectivity index (χ1n) is 16.0. The van der Waals surface area contributed by atoms with Crippen molar-refractivity contribution in [1.82, 2.24) is 15.0 Å². The quantitative estimate of drug-likeness (QED) is 0.102. The number of amidine groups is 1. The molecule has 6 nitrogen and oxygen atoms in total. The van der Waals surface area contributed by atoms with Crippen LogP contribution in [0.5, 0.6) is 0 Å². The number of nitrogen functional groups attached to an aromatic ring is 1. The molecule has 0 aliphatic heterocycles. The number of rotatable bonds is 5. The molecule has 0 bridgehead atoms. The minimum Gasteiger partial charge on any atom is -0.384 e. The Morgan fingerprint density at radius 2 is 0.904 bits per heavy atom. The molecule has 0 spiro atoms. The molecule has 9 heteroatoms. The summed E-state index contributed by atoms with van der Waals surface area (Å²) in [5.41, 5.74) is 9.54. The number of fused-ring (bicyclic) bond motifs is 2. The maximum atomic E-state index is 10.6. The Balaban J connectivity index is 0.000000187. The monoisotopic (exact) mass is 827 g/mol. The van der Waals surface area contributed by atoms with Crippen LogP contribution in [0.25, 0.3) is 55.7 Å². The zero-order chi connectivity index (χ0) is 35.6. The molecule has 8 rings (SSSR count). The lowest BCUT2D eigenvalue weighted by molar-refractivity contribution is 0.112. The largest absolute Gasteiger partial charge is 0.384 e. The number of aldehydes is 1. The fourth-order valence-corrected chi connectivity index (χ4v) is 6.24. The zero-order valence-corrected chi connectivity index (χ0v) is 31.6. The Morgan fingerprint density at radius 1 is 0.519 bits per heavy atom. The van der Waals surface area contributed by atoms with Gasteiger partial charge in [-0.15, -0.1) is 12.4 Å². The van der Waals surface area contributed by atoms with Gasteiger partial charge >= 0.3 is 0 Å². The molecule has 3 N–H and O–H groups in total. The number of hydrogen-bond acceptors (Lipinski definition) is 5. The molecule has 8 aromatic rings. The van der Waals surface area contributed by atoms with Crippen molar-refractivity contribution < 1.29 is 4.79 Å². The van der Waals surface area contributed by atoms with Gasteiger partial charge in [0.15, 0.2) is 23.8 Å². The number of hydrogen-bond donors (Lipinski definition) is 2. The lowest BCUT2D eigenvalue weighted by atomic mass is 10.1. The van der Waals surface area contributed by atoms with E-state index in [1.54, 1.807) is 0 Å². The summed E-state index contributed by atoms with van der Waals surface area (Å²) in [5.74, 6) is 2.09. The van der Waals surface area contributed by atoms with Crippen molar-refractivity contribution in [3.8, 4) is 34.2 Å². The Kier molecular flexibility index (Phi) is 13.1. The van der Waals surface area contributed by atoms with Crippen LogP contribution in [0.3, 0.4) is 0 Å². The van der Waals surface area contributed by atoms with Crippen LogP contribution in [0, 0.1) is 5.41 Å². The van der Waals surface area contributed by atoms with Gasteiger partial charge in [0.25, 0.3) is 0 Å². The van der Waals surface area contributed by atoms with Gasteiger partial charge in [-0.25, -0.2) is 15.0 Å². The number of carbonyl (C=O) groups excluding carboxylic acids is 1. The highest BCUT2D eigenvalue weighted by atomic mass is 79.9. The molecule has 7 aromatic carbocycles. The summed E-state index contributed by atoms with van der Waals surface area (Å²) in [7, 11) is 0. The second-order valence-electron chi connectivity index (χ2n) is 11.3. The first kappa shape index (κ1) is 37.7. The minimum atomic E-state index is 0. The van der Waals surface area contributed by atoms with Gasteiger partial charge in [-0.2, -0.15) is 0 Å². The van der Waals surface area contributed by atoms with Crippen molar-refractivity contribution in [3.05, 3.63) is 184 Å². The third kappa shape index (κ3) is 9.41. The van der Waals surface area contributed by atoms with Crippen LogP contribution in [0.4, 0.5) is 0 Å². The Bertz CT molecular complexity index is 2390. The van der Waals surface area contributed by atoms with E-state index < -0.39 is 0 Å². The predicted octanol–water partition coefficient (Wildman–Crippen LogP) is 11.6. The summed E-state index contributed by atoms with van der Waals surface area (Å²) in [6, 6.07) is 53.6. The van der Waals surface area contributed by atoms with Gasteiger partial charge in [0.05, 0.1) is 0 Å². The number of halogens is 3. The van der Waals surface area contributed by atoms with Gasteiger partial charge < -0.3 is 5.73 Å². The molecule has 0 unspecified atom stereocenters. The molecule has 1 aromatic heterocycles. The minimum absolute atomic E-state index is 0. The summed E-state index contributed by atoms with van der Waals surface area (Å²) in [6.07, 6.45) is 0.858. The van der Waals surface area contributed by atoms with Gasteiger partial charge in [0.2, 0.25) is 0 Å². The van der Waals surface area contributed by atoms with E-state index in [2.05, 4.69) is 56.1 Å². The normalized spacial score (nSPS) is 10.2. The molecule has 0 saturated heterocycles. The third-order valence-corrected chi connectivity index (χ3v) is 9.20. The summed E-state index contributed by atoms with van der Waals surface area (Å²) < 4.78 is 1.81. The Morgan fingerprint density at radius 3 is 1.35 bits per heavy atom. The number of nitrogens with one attached hydrogen (secondary N) is 1. The summed E-state index contributed by atoms with van der Waals surface area (Å²) in [5, 5.41) is 11.6. The first-order valence-corrected chi connectivity index (χ1v) is 17.6. The molecular weight excluding hydrogens is 798 g/mol. The standard InChI is InChI=1S/C25H16BrN3.C11H7BrO.C7H8N2.ClH/c26-22-16-20-14-8-7-13-19(20)15-21(22)25-28-23(17-9-3-1-4-10-17)27-24(29-25)18-11-5-2-6-12-18;12-11-6-9-4-2-1-3-8(9)5-10(11)7-13;8-7(9)6-4-2-1-3-5-6;/h1-16H;1-7H;1-5H,(H3,8,9);1H. The molecule has 0 amide bonds. The van der Waals surface area contributed by atoms with E-state index in [1.807, 2.05) is 140 Å². The van der Waals surface area contributed by atoms with E-state index in [0.717, 1.165) is 53.6 Å². The molecule has 1 heterocycles. The topological polar surface area (TPSA) is 106 Å². The highest BCUT2D eigenvalue weighted by Gasteiger charge is 2.14. The summed E-state index contributed by atoms with van der Waals surface area (Å²) in [4.78, 5) is 25.0. The van der Waals surface area contributed by atoms with E-state index in [-0.39, 0.29) is 18.2 Å². The molecule has 0 aliphatic rings. The van der Waals surface area contributed by atoms with Crippen LogP contribution < -0.4 is 5.73 Å². The van der Waals surface area contributed by atoms with Crippen molar-refractivity contribution in [3.63, 3.8) is 0 Å². The average Bonchev–Trinajstić information content (AvgIpc) is 3.18. The van der Waals surface area contributed by atoms with Crippen molar-refractivity contribution in [2.75, 3.05) is 0 Å². The predicted molar refractivity (Wildman–Crippen MR) is 223 cm³/mol. The fraction of sp³-hybridized carbons (Fsp3) is 0. The average molecular weight is 830 g/mol. The maximum Gasteiger partial charge on any atom is 0.165 e. The molecule has 0 saturated carbocycles. The van der Waals surface area contributed by atoms with Gasteiger partial charge in [0.1, 0.15) is 5.84 Å². The third-order valence-electron chi connectivity index (χ3n) is 7.85. The van der Waals surface area contributed by atoms with Crippen molar-refractivity contribution in [2.24, 2.45) is 5.73 Å². The zero-order valence-electron chi connectivity index (χ0n) is 27.7. The van der Waals surface area contributed by atoms with Crippen LogP contribution in [-0.4, -0.2) is 27.1 Å². The molecule has 0 radical (unpaired) electrons. The lowest BCUT2D eigenvalue weighted by Crippen LogP contribution is -2.10. The van der Waals surface area contributed by atoms with Crippen molar-refractivity contribution in [2.45, 2.75) is 0 Å². The first-order chi connectivity index (χ1) is 24.9.